The van der Waals surface area contributed by atoms with E-state index in [1.165, 1.54) is 0 Å². The monoisotopic (exact) mass is 242 g/mol. The molecule has 78 valence electrons. The topological polar surface area (TPSA) is 35.0 Å². The van der Waals surface area contributed by atoms with Gasteiger partial charge in [-0.25, -0.2) is 9.97 Å². The molecule has 15 heavy (non-hydrogen) atoms. The van der Waals surface area contributed by atoms with Crippen molar-refractivity contribution >= 4 is 34.2 Å². The zero-order valence-electron chi connectivity index (χ0n) is 8.00. The molecule has 0 bridgehead atoms. The number of nitrogens with zero attached hydrogens (tertiary/aromatic N) is 2. The molecule has 0 N–H and O–H groups in total. The van der Waals surface area contributed by atoms with Gasteiger partial charge in [0.1, 0.15) is 5.75 Å². The van der Waals surface area contributed by atoms with Crippen molar-refractivity contribution in [2.75, 3.05) is 7.11 Å². The predicted molar refractivity (Wildman–Crippen MR) is 60.7 cm³/mol. The van der Waals surface area contributed by atoms with Crippen molar-refractivity contribution in [1.82, 2.24) is 9.97 Å². The van der Waals surface area contributed by atoms with Gasteiger partial charge in [-0.2, -0.15) is 0 Å². The van der Waals surface area contributed by atoms with Crippen LogP contribution in [0.25, 0.3) is 11.0 Å². The van der Waals surface area contributed by atoms with Crippen LogP contribution in [0.1, 0.15) is 5.69 Å². The first-order valence-electron chi connectivity index (χ1n) is 4.30. The van der Waals surface area contributed by atoms with Gasteiger partial charge in [-0.05, 0) is 12.1 Å². The SMILES string of the molecule is COc1ccc2nc(CCl)c(Cl)nc2c1. The Morgan fingerprint density at radius 1 is 1.27 bits per heavy atom. The molecule has 3 nitrogen and oxygen atoms in total. The summed E-state index contributed by atoms with van der Waals surface area (Å²) < 4.78 is 5.08. The van der Waals surface area contributed by atoms with Crippen LogP contribution in [0.2, 0.25) is 5.15 Å². The molecule has 2 rings (SSSR count). The Hall–Kier alpha value is -1.06. The molecule has 1 heterocycles. The van der Waals surface area contributed by atoms with Crippen LogP contribution in [0.5, 0.6) is 5.75 Å². The Morgan fingerprint density at radius 3 is 2.73 bits per heavy atom. The van der Waals surface area contributed by atoms with Gasteiger partial charge in [0.25, 0.3) is 0 Å². The Labute approximate surface area is 97.0 Å². The van der Waals surface area contributed by atoms with E-state index in [0.717, 1.165) is 11.3 Å². The molecule has 0 spiro atoms. The first-order chi connectivity index (χ1) is 7.24. The van der Waals surface area contributed by atoms with E-state index in [2.05, 4.69) is 9.97 Å². The standard InChI is InChI=1S/C10H8Cl2N2O/c1-15-6-2-3-7-8(4-6)14-10(12)9(5-11)13-7/h2-4H,5H2,1H3. The minimum absolute atomic E-state index is 0.258. The summed E-state index contributed by atoms with van der Waals surface area (Å²) in [6.07, 6.45) is 0. The molecule has 5 heteroatoms. The van der Waals surface area contributed by atoms with Gasteiger partial charge in [-0.1, -0.05) is 11.6 Å². The molecule has 0 amide bonds. The molecular weight excluding hydrogens is 235 g/mol. The summed E-state index contributed by atoms with van der Waals surface area (Å²) in [5.74, 6) is 0.986. The van der Waals surface area contributed by atoms with E-state index in [0.29, 0.717) is 16.4 Å². The van der Waals surface area contributed by atoms with Crippen molar-refractivity contribution in [2.24, 2.45) is 0 Å². The Bertz CT molecular complexity index is 502. The number of fused-ring (bicyclic) bond motifs is 1. The quantitative estimate of drug-likeness (QED) is 0.760. The number of benzene rings is 1. The highest BCUT2D eigenvalue weighted by Crippen LogP contribution is 2.22. The van der Waals surface area contributed by atoms with Crippen LogP contribution < -0.4 is 4.74 Å². The lowest BCUT2D eigenvalue weighted by Gasteiger charge is -2.04. The van der Waals surface area contributed by atoms with Crippen LogP contribution in [0.4, 0.5) is 0 Å². The highest BCUT2D eigenvalue weighted by atomic mass is 35.5. The van der Waals surface area contributed by atoms with Crippen molar-refractivity contribution in [1.29, 1.82) is 0 Å². The van der Waals surface area contributed by atoms with Gasteiger partial charge in [0.15, 0.2) is 5.15 Å². The Balaban J connectivity index is 2.65. The third-order valence-electron chi connectivity index (χ3n) is 2.02. The molecule has 0 saturated carbocycles. The summed E-state index contributed by atoms with van der Waals surface area (Å²) in [6, 6.07) is 5.43. The van der Waals surface area contributed by atoms with Gasteiger partial charge in [-0.3, -0.25) is 0 Å². The number of hydrogen-bond donors (Lipinski definition) is 0. The second kappa shape index (κ2) is 4.21. The molecular formula is C10H8Cl2N2O. The van der Waals surface area contributed by atoms with Crippen LogP contribution in [-0.2, 0) is 5.88 Å². The maximum absolute atomic E-state index is 5.90. The average molecular weight is 243 g/mol. The Kier molecular flexibility index (Phi) is 2.93. The molecule has 0 aliphatic carbocycles. The first kappa shape index (κ1) is 10.5. The second-order valence-electron chi connectivity index (χ2n) is 2.95. The van der Waals surface area contributed by atoms with Crippen molar-refractivity contribution in [3.63, 3.8) is 0 Å². The molecule has 0 radical (unpaired) electrons. The average Bonchev–Trinajstić information content (AvgIpc) is 2.27. The van der Waals surface area contributed by atoms with Crippen molar-refractivity contribution in [2.45, 2.75) is 5.88 Å². The van der Waals surface area contributed by atoms with E-state index in [9.17, 15) is 0 Å². The van der Waals surface area contributed by atoms with Gasteiger partial charge in [0.2, 0.25) is 0 Å². The number of ether oxygens (including phenoxy) is 1. The van der Waals surface area contributed by atoms with Gasteiger partial charge < -0.3 is 4.74 Å². The highest BCUT2D eigenvalue weighted by Gasteiger charge is 2.06. The number of halogens is 2. The van der Waals surface area contributed by atoms with Crippen LogP contribution in [0.15, 0.2) is 18.2 Å². The zero-order valence-corrected chi connectivity index (χ0v) is 9.51. The summed E-state index contributed by atoms with van der Waals surface area (Å²) in [4.78, 5) is 8.48. The number of rotatable bonds is 2. The largest absolute Gasteiger partial charge is 0.497 e. The van der Waals surface area contributed by atoms with Crippen molar-refractivity contribution in [3.05, 3.63) is 29.0 Å². The third kappa shape index (κ3) is 1.98. The van der Waals surface area contributed by atoms with Gasteiger partial charge >= 0.3 is 0 Å². The minimum atomic E-state index is 0.258. The van der Waals surface area contributed by atoms with Crippen LogP contribution in [0, 0.1) is 0 Å². The summed E-state index contributed by atoms with van der Waals surface area (Å²) in [5, 5.41) is 0.339. The van der Waals surface area contributed by atoms with Crippen molar-refractivity contribution in [3.8, 4) is 5.75 Å². The molecule has 0 saturated heterocycles. The van der Waals surface area contributed by atoms with Crippen LogP contribution >= 0.6 is 23.2 Å². The summed E-state index contributed by atoms with van der Waals surface area (Å²) in [5.41, 5.74) is 2.06. The summed E-state index contributed by atoms with van der Waals surface area (Å²) >= 11 is 11.6. The summed E-state index contributed by atoms with van der Waals surface area (Å²) in [6.45, 7) is 0. The fraction of sp³-hybridized carbons (Fsp3) is 0.200. The molecule has 0 fully saturated rings. The number of hydrogen-bond acceptors (Lipinski definition) is 3. The third-order valence-corrected chi connectivity index (χ3v) is 2.58. The van der Waals surface area contributed by atoms with E-state index in [1.54, 1.807) is 13.2 Å². The molecule has 1 aromatic heterocycles. The van der Waals surface area contributed by atoms with E-state index in [4.69, 9.17) is 27.9 Å². The molecule has 1 aromatic carbocycles. The van der Waals surface area contributed by atoms with Crippen molar-refractivity contribution < 1.29 is 4.74 Å². The molecule has 0 atom stereocenters. The molecule has 0 aliphatic heterocycles. The van der Waals surface area contributed by atoms with Gasteiger partial charge in [-0.15, -0.1) is 11.6 Å². The maximum atomic E-state index is 5.90. The van der Waals surface area contributed by atoms with E-state index in [1.807, 2.05) is 12.1 Å². The summed E-state index contributed by atoms with van der Waals surface area (Å²) in [7, 11) is 1.60. The first-order valence-corrected chi connectivity index (χ1v) is 5.22. The minimum Gasteiger partial charge on any atom is -0.497 e. The maximum Gasteiger partial charge on any atom is 0.152 e. The second-order valence-corrected chi connectivity index (χ2v) is 3.57. The number of aromatic nitrogens is 2. The lowest BCUT2D eigenvalue weighted by Crippen LogP contribution is -1.93. The Morgan fingerprint density at radius 2 is 2.07 bits per heavy atom. The van der Waals surface area contributed by atoms with Gasteiger partial charge in [0, 0.05) is 6.07 Å². The zero-order chi connectivity index (χ0) is 10.8. The predicted octanol–water partition coefficient (Wildman–Crippen LogP) is 3.03. The number of methoxy groups -OCH3 is 1. The van der Waals surface area contributed by atoms with E-state index < -0.39 is 0 Å². The fourth-order valence-electron chi connectivity index (χ4n) is 1.26. The highest BCUT2D eigenvalue weighted by molar-refractivity contribution is 6.31. The lowest BCUT2D eigenvalue weighted by atomic mass is 10.3. The van der Waals surface area contributed by atoms with Crippen LogP contribution in [-0.4, -0.2) is 17.1 Å². The van der Waals surface area contributed by atoms with E-state index in [-0.39, 0.29) is 5.88 Å². The molecule has 0 unspecified atom stereocenters. The molecule has 2 aromatic rings. The molecule has 0 aliphatic rings. The van der Waals surface area contributed by atoms with Gasteiger partial charge in [0.05, 0.1) is 29.7 Å². The fourth-order valence-corrected chi connectivity index (χ4v) is 1.72. The number of alkyl halides is 1. The normalized spacial score (nSPS) is 10.6. The van der Waals surface area contributed by atoms with E-state index >= 15 is 0 Å². The lowest BCUT2D eigenvalue weighted by molar-refractivity contribution is 0.415. The smallest absolute Gasteiger partial charge is 0.152 e. The van der Waals surface area contributed by atoms with Crippen LogP contribution in [0.3, 0.4) is 0 Å².